The molecule has 0 aromatic carbocycles. The summed E-state index contributed by atoms with van der Waals surface area (Å²) in [5.74, 6) is -0.0314. The van der Waals surface area contributed by atoms with Gasteiger partial charge in [0.1, 0.15) is 4.90 Å². The number of furan rings is 1. The van der Waals surface area contributed by atoms with Gasteiger partial charge in [0.05, 0.1) is 0 Å². The Kier molecular flexibility index (Phi) is 5.11. The number of amides is 1. The Hall–Kier alpha value is -0.860. The molecule has 1 aromatic rings. The van der Waals surface area contributed by atoms with Crippen molar-refractivity contribution in [1.29, 1.82) is 0 Å². The van der Waals surface area contributed by atoms with Gasteiger partial charge in [0.25, 0.3) is 5.91 Å². The molecule has 1 aromatic heterocycles. The maximum atomic E-state index is 12.1. The van der Waals surface area contributed by atoms with Gasteiger partial charge >= 0.3 is 0 Å². The zero-order chi connectivity index (χ0) is 15.6. The molecule has 8 heteroatoms. The molecular weight excluding hydrogens is 360 g/mol. The van der Waals surface area contributed by atoms with Crippen LogP contribution >= 0.6 is 15.9 Å². The topological polar surface area (TPSA) is 102 Å². The predicted octanol–water partition coefficient (Wildman–Crippen LogP) is 2.39. The maximum absolute atomic E-state index is 12.1. The van der Waals surface area contributed by atoms with Crippen molar-refractivity contribution in [3.05, 3.63) is 16.5 Å². The van der Waals surface area contributed by atoms with E-state index < -0.39 is 15.9 Å². The van der Waals surface area contributed by atoms with Crippen LogP contribution in [-0.2, 0) is 10.0 Å². The van der Waals surface area contributed by atoms with Crippen molar-refractivity contribution >= 4 is 31.9 Å². The van der Waals surface area contributed by atoms with E-state index >= 15 is 0 Å². The van der Waals surface area contributed by atoms with E-state index in [1.165, 1.54) is 19.3 Å². The molecule has 6 nitrogen and oxygen atoms in total. The molecule has 2 rings (SSSR count). The summed E-state index contributed by atoms with van der Waals surface area (Å²) in [6, 6.07) is 1.17. The molecule has 1 amide bonds. The van der Waals surface area contributed by atoms with Crippen LogP contribution in [0.5, 0.6) is 0 Å². The Balaban J connectivity index is 2.06. The number of rotatable bonds is 4. The van der Waals surface area contributed by atoms with Crippen LogP contribution in [0.3, 0.4) is 0 Å². The number of nitrogens with one attached hydrogen (secondary N) is 1. The summed E-state index contributed by atoms with van der Waals surface area (Å²) in [6.07, 6.45) is 5.83. The summed E-state index contributed by atoms with van der Waals surface area (Å²) in [7, 11) is -3.92. The minimum absolute atomic E-state index is 0.0274. The van der Waals surface area contributed by atoms with E-state index in [1.54, 1.807) is 0 Å². The minimum Gasteiger partial charge on any atom is -0.443 e. The van der Waals surface area contributed by atoms with Gasteiger partial charge in [-0.15, -0.1) is 0 Å². The molecule has 21 heavy (non-hydrogen) atoms. The largest absolute Gasteiger partial charge is 0.443 e. The van der Waals surface area contributed by atoms with Gasteiger partial charge in [-0.25, -0.2) is 13.6 Å². The molecule has 1 fully saturated rings. The zero-order valence-corrected chi connectivity index (χ0v) is 14.2. The lowest BCUT2D eigenvalue weighted by Gasteiger charge is -2.27. The van der Waals surface area contributed by atoms with Gasteiger partial charge in [-0.05, 0) is 41.6 Å². The fourth-order valence-electron chi connectivity index (χ4n) is 2.69. The van der Waals surface area contributed by atoms with E-state index in [1.807, 2.05) is 6.92 Å². The van der Waals surface area contributed by atoms with Crippen LogP contribution in [-0.4, -0.2) is 20.4 Å². The first-order valence-electron chi connectivity index (χ1n) is 6.92. The summed E-state index contributed by atoms with van der Waals surface area (Å²) in [4.78, 5) is 11.9. The molecule has 1 unspecified atom stereocenters. The number of primary sulfonamides is 1. The number of hydrogen-bond donors (Lipinski definition) is 2. The van der Waals surface area contributed by atoms with Gasteiger partial charge in [0.15, 0.2) is 10.4 Å². The van der Waals surface area contributed by atoms with Gasteiger partial charge in [0.2, 0.25) is 10.0 Å². The highest BCUT2D eigenvalue weighted by Crippen LogP contribution is 2.28. The smallest absolute Gasteiger partial charge is 0.287 e. The van der Waals surface area contributed by atoms with Crippen molar-refractivity contribution < 1.29 is 17.6 Å². The van der Waals surface area contributed by atoms with E-state index in [2.05, 4.69) is 21.2 Å². The Bertz CT molecular complexity index is 620. The quantitative estimate of drug-likeness (QED) is 0.839. The van der Waals surface area contributed by atoms with E-state index in [-0.39, 0.29) is 21.4 Å². The van der Waals surface area contributed by atoms with Crippen molar-refractivity contribution in [2.75, 3.05) is 0 Å². The number of hydrogen-bond acceptors (Lipinski definition) is 4. The Morgan fingerprint density at radius 2 is 2.05 bits per heavy atom. The standard InChI is InChI=1S/C13H19BrN2O4S/c1-8(9-5-3-2-4-6-9)16-13(17)10-7-11(12(14)20-10)21(15,18)19/h7-9H,2-6H2,1H3,(H,16,17)(H2,15,18,19). The first-order chi connectivity index (χ1) is 9.79. The normalized spacial score (nSPS) is 18.4. The van der Waals surface area contributed by atoms with E-state index in [9.17, 15) is 13.2 Å². The second-order valence-electron chi connectivity index (χ2n) is 5.45. The third kappa shape index (κ3) is 4.08. The number of carbonyl (C=O) groups is 1. The molecule has 0 aliphatic heterocycles. The molecule has 1 heterocycles. The summed E-state index contributed by atoms with van der Waals surface area (Å²) < 4.78 is 27.7. The van der Waals surface area contributed by atoms with Crippen molar-refractivity contribution in [2.24, 2.45) is 11.1 Å². The van der Waals surface area contributed by atoms with Gasteiger partial charge in [-0.1, -0.05) is 19.3 Å². The van der Waals surface area contributed by atoms with Crippen LogP contribution in [0.15, 0.2) is 20.0 Å². The summed E-state index contributed by atoms with van der Waals surface area (Å²) >= 11 is 2.96. The fraction of sp³-hybridized carbons (Fsp3) is 0.615. The average Bonchev–Trinajstić information content (AvgIpc) is 2.82. The summed E-state index contributed by atoms with van der Waals surface area (Å²) in [5, 5.41) is 7.91. The second kappa shape index (κ2) is 6.50. The van der Waals surface area contributed by atoms with Gasteiger partial charge in [0, 0.05) is 12.1 Å². The van der Waals surface area contributed by atoms with Crippen LogP contribution in [0, 0.1) is 5.92 Å². The van der Waals surface area contributed by atoms with Gasteiger partial charge in [-0.3, -0.25) is 4.79 Å². The Morgan fingerprint density at radius 3 is 2.57 bits per heavy atom. The maximum Gasteiger partial charge on any atom is 0.287 e. The van der Waals surface area contributed by atoms with Gasteiger partial charge in [-0.2, -0.15) is 0 Å². The highest BCUT2D eigenvalue weighted by molar-refractivity contribution is 9.10. The molecule has 1 aliphatic carbocycles. The van der Waals surface area contributed by atoms with Crippen LogP contribution in [0.2, 0.25) is 0 Å². The lowest BCUT2D eigenvalue weighted by atomic mass is 9.84. The number of halogens is 1. The average molecular weight is 379 g/mol. The summed E-state index contributed by atoms with van der Waals surface area (Å²) in [5.41, 5.74) is 0. The fourth-order valence-corrected chi connectivity index (χ4v) is 4.19. The monoisotopic (exact) mass is 378 g/mol. The van der Waals surface area contributed by atoms with Crippen LogP contribution in [0.25, 0.3) is 0 Å². The molecule has 118 valence electrons. The Labute approximate surface area is 132 Å². The third-order valence-corrected chi connectivity index (χ3v) is 5.67. The zero-order valence-electron chi connectivity index (χ0n) is 11.8. The van der Waals surface area contributed by atoms with Crippen molar-refractivity contribution in [3.8, 4) is 0 Å². The van der Waals surface area contributed by atoms with Crippen molar-refractivity contribution in [3.63, 3.8) is 0 Å². The van der Waals surface area contributed by atoms with Crippen LogP contribution < -0.4 is 10.5 Å². The number of sulfonamides is 1. The predicted molar refractivity (Wildman–Crippen MR) is 81.3 cm³/mol. The van der Waals surface area contributed by atoms with E-state index in [0.717, 1.165) is 18.9 Å². The molecule has 0 radical (unpaired) electrons. The molecule has 0 spiro atoms. The molecule has 1 aliphatic rings. The van der Waals surface area contributed by atoms with E-state index in [4.69, 9.17) is 9.56 Å². The molecule has 0 saturated heterocycles. The molecular formula is C13H19BrN2O4S. The SMILES string of the molecule is CC(NC(=O)c1cc(S(N)(=O)=O)c(Br)o1)C1CCCCC1. The number of carbonyl (C=O) groups excluding carboxylic acids is 1. The molecule has 3 N–H and O–H groups in total. The lowest BCUT2D eigenvalue weighted by molar-refractivity contribution is 0.0890. The third-order valence-electron chi connectivity index (χ3n) is 3.90. The van der Waals surface area contributed by atoms with Crippen molar-refractivity contribution in [1.82, 2.24) is 5.32 Å². The van der Waals surface area contributed by atoms with Crippen LogP contribution in [0.4, 0.5) is 0 Å². The molecule has 1 atom stereocenters. The summed E-state index contributed by atoms with van der Waals surface area (Å²) in [6.45, 7) is 1.96. The van der Waals surface area contributed by atoms with E-state index in [0.29, 0.717) is 5.92 Å². The minimum atomic E-state index is -3.92. The second-order valence-corrected chi connectivity index (χ2v) is 7.70. The highest BCUT2D eigenvalue weighted by Gasteiger charge is 2.25. The first kappa shape index (κ1) is 16.5. The first-order valence-corrected chi connectivity index (χ1v) is 9.26. The van der Waals surface area contributed by atoms with Gasteiger partial charge < -0.3 is 9.73 Å². The lowest BCUT2D eigenvalue weighted by Crippen LogP contribution is -2.38. The molecule has 0 bridgehead atoms. The van der Waals surface area contributed by atoms with Crippen molar-refractivity contribution in [2.45, 2.75) is 50.0 Å². The van der Waals surface area contributed by atoms with Crippen LogP contribution in [0.1, 0.15) is 49.6 Å². The highest BCUT2D eigenvalue weighted by atomic mass is 79.9. The Morgan fingerprint density at radius 1 is 1.43 bits per heavy atom. The molecule has 1 saturated carbocycles. The number of nitrogens with two attached hydrogens (primary N) is 1.